The molecule has 2 N–H and O–H groups in total. The van der Waals surface area contributed by atoms with Crippen LogP contribution in [0.4, 0.5) is 10.5 Å². The van der Waals surface area contributed by atoms with Gasteiger partial charge in [-0.3, -0.25) is 10.1 Å². The molecule has 9 nitrogen and oxygen atoms in total. The largest absolute Gasteiger partial charge is 0.486 e. The van der Waals surface area contributed by atoms with Crippen LogP contribution in [0.2, 0.25) is 10.0 Å². The number of rotatable bonds is 6. The number of nitrogens with one attached hydrogen (secondary N) is 2. The molecule has 2 aromatic rings. The molecule has 0 radical (unpaired) electrons. The highest BCUT2D eigenvalue weighted by atomic mass is 35.5. The zero-order valence-corrected chi connectivity index (χ0v) is 17.8. The van der Waals surface area contributed by atoms with E-state index in [9.17, 15) is 14.4 Å². The summed E-state index contributed by atoms with van der Waals surface area (Å²) in [5, 5.41) is 5.17. The second-order valence-electron chi connectivity index (χ2n) is 6.30. The van der Waals surface area contributed by atoms with Crippen molar-refractivity contribution in [3.8, 4) is 17.2 Å². The van der Waals surface area contributed by atoms with Crippen molar-refractivity contribution in [2.45, 2.75) is 13.0 Å². The number of carbonyl (C=O) groups is 3. The van der Waals surface area contributed by atoms with Crippen LogP contribution in [-0.4, -0.2) is 43.8 Å². The van der Waals surface area contributed by atoms with Crippen molar-refractivity contribution in [3.05, 3.63) is 46.4 Å². The van der Waals surface area contributed by atoms with Crippen LogP contribution in [0, 0.1) is 0 Å². The normalized spacial score (nSPS) is 13.0. The van der Waals surface area contributed by atoms with E-state index in [0.717, 1.165) is 0 Å². The van der Waals surface area contributed by atoms with Crippen LogP contribution >= 0.6 is 23.2 Å². The van der Waals surface area contributed by atoms with Crippen molar-refractivity contribution < 1.29 is 33.3 Å². The van der Waals surface area contributed by atoms with Gasteiger partial charge in [0.15, 0.2) is 24.2 Å². The lowest BCUT2D eigenvalue weighted by Gasteiger charge is -2.19. The molecule has 0 spiro atoms. The Balaban J connectivity index is 1.43. The fourth-order valence-electron chi connectivity index (χ4n) is 2.51. The lowest BCUT2D eigenvalue weighted by Crippen LogP contribution is -2.38. The van der Waals surface area contributed by atoms with Gasteiger partial charge in [0.2, 0.25) is 0 Å². The molecule has 31 heavy (non-hydrogen) atoms. The Kier molecular flexibility index (Phi) is 7.43. The number of urea groups is 1. The molecule has 3 amide bonds. The molecule has 0 saturated heterocycles. The van der Waals surface area contributed by atoms with Gasteiger partial charge in [0.1, 0.15) is 19.0 Å². The summed E-state index contributed by atoms with van der Waals surface area (Å²) in [6, 6.07) is 8.53. The molecule has 1 aliphatic heterocycles. The zero-order chi connectivity index (χ0) is 22.4. The monoisotopic (exact) mass is 468 g/mol. The second-order valence-corrected chi connectivity index (χ2v) is 7.15. The molecule has 1 atom stereocenters. The maximum atomic E-state index is 12.0. The summed E-state index contributed by atoms with van der Waals surface area (Å²) >= 11 is 11.8. The van der Waals surface area contributed by atoms with Gasteiger partial charge in [0, 0.05) is 16.8 Å². The first kappa shape index (κ1) is 22.5. The lowest BCUT2D eigenvalue weighted by molar-refractivity contribution is -0.154. The first-order chi connectivity index (χ1) is 14.8. The molecule has 1 heterocycles. The number of anilines is 1. The molecule has 1 aliphatic rings. The van der Waals surface area contributed by atoms with E-state index in [2.05, 4.69) is 10.6 Å². The second kappa shape index (κ2) is 10.2. The van der Waals surface area contributed by atoms with E-state index >= 15 is 0 Å². The lowest BCUT2D eigenvalue weighted by atomic mass is 10.2. The standard InChI is InChI=1S/C20H18Cl2N2O7/c1-11(31-15-4-2-12(21)8-14(15)22)19(26)30-10-18(25)24-20(27)23-13-3-5-16-17(9-13)29-7-6-28-16/h2-5,8-9,11H,6-7,10H2,1H3,(H2,23,24,25,27). The van der Waals surface area contributed by atoms with Crippen LogP contribution < -0.4 is 24.8 Å². The van der Waals surface area contributed by atoms with E-state index in [-0.39, 0.29) is 10.8 Å². The Labute approximate surface area is 187 Å². The molecule has 0 aromatic heterocycles. The van der Waals surface area contributed by atoms with Gasteiger partial charge in [0.05, 0.1) is 5.02 Å². The van der Waals surface area contributed by atoms with Crippen LogP contribution in [-0.2, 0) is 14.3 Å². The fourth-order valence-corrected chi connectivity index (χ4v) is 2.96. The van der Waals surface area contributed by atoms with E-state index in [1.54, 1.807) is 24.3 Å². The van der Waals surface area contributed by atoms with Gasteiger partial charge in [-0.05, 0) is 37.3 Å². The highest BCUT2D eigenvalue weighted by Crippen LogP contribution is 2.32. The number of carbonyl (C=O) groups excluding carboxylic acids is 3. The molecule has 0 bridgehead atoms. The molecule has 2 aromatic carbocycles. The van der Waals surface area contributed by atoms with Crippen molar-refractivity contribution in [2.75, 3.05) is 25.1 Å². The summed E-state index contributed by atoms with van der Waals surface area (Å²) in [6.07, 6.45) is -1.04. The first-order valence-corrected chi connectivity index (χ1v) is 9.86. The summed E-state index contributed by atoms with van der Waals surface area (Å²) < 4.78 is 21.1. The van der Waals surface area contributed by atoms with E-state index < -0.39 is 30.6 Å². The van der Waals surface area contributed by atoms with Crippen LogP contribution in [0.3, 0.4) is 0 Å². The summed E-state index contributed by atoms with van der Waals surface area (Å²) in [4.78, 5) is 35.9. The Bertz CT molecular complexity index is 999. The number of benzene rings is 2. The minimum atomic E-state index is -1.04. The first-order valence-electron chi connectivity index (χ1n) is 9.10. The predicted octanol–water partition coefficient (Wildman–Crippen LogP) is 3.42. The van der Waals surface area contributed by atoms with Gasteiger partial charge < -0.3 is 24.3 Å². The molecular weight excluding hydrogens is 451 g/mol. The molecule has 164 valence electrons. The Morgan fingerprint density at radius 1 is 1.06 bits per heavy atom. The predicted molar refractivity (Wildman–Crippen MR) is 112 cm³/mol. The topological polar surface area (TPSA) is 112 Å². The molecular formula is C20H18Cl2N2O7. The van der Waals surface area contributed by atoms with E-state index in [1.807, 2.05) is 0 Å². The number of hydrogen-bond donors (Lipinski definition) is 2. The fraction of sp³-hybridized carbons (Fsp3) is 0.250. The Morgan fingerprint density at radius 2 is 1.81 bits per heavy atom. The van der Waals surface area contributed by atoms with E-state index in [4.69, 9.17) is 42.1 Å². The van der Waals surface area contributed by atoms with Gasteiger partial charge in [-0.25, -0.2) is 9.59 Å². The van der Waals surface area contributed by atoms with Crippen LogP contribution in [0.5, 0.6) is 17.2 Å². The quantitative estimate of drug-likeness (QED) is 0.624. The van der Waals surface area contributed by atoms with E-state index in [0.29, 0.717) is 35.4 Å². The number of esters is 1. The molecule has 0 saturated carbocycles. The number of amides is 3. The van der Waals surface area contributed by atoms with Crippen LogP contribution in [0.25, 0.3) is 0 Å². The summed E-state index contributed by atoms with van der Waals surface area (Å²) in [5.41, 5.74) is 0.397. The number of ether oxygens (including phenoxy) is 4. The highest BCUT2D eigenvalue weighted by Gasteiger charge is 2.20. The SMILES string of the molecule is CC(Oc1ccc(Cl)cc1Cl)C(=O)OCC(=O)NC(=O)Nc1ccc2c(c1)OCCO2. The van der Waals surface area contributed by atoms with Crippen molar-refractivity contribution >= 4 is 46.8 Å². The third kappa shape index (κ3) is 6.40. The maximum Gasteiger partial charge on any atom is 0.347 e. The molecule has 0 fully saturated rings. The molecule has 3 rings (SSSR count). The molecule has 11 heteroatoms. The number of hydrogen-bond acceptors (Lipinski definition) is 7. The maximum absolute atomic E-state index is 12.0. The van der Waals surface area contributed by atoms with Gasteiger partial charge in [-0.1, -0.05) is 23.2 Å². The highest BCUT2D eigenvalue weighted by molar-refractivity contribution is 6.35. The molecule has 1 unspecified atom stereocenters. The Hall–Kier alpha value is -3.17. The van der Waals surface area contributed by atoms with Crippen LogP contribution in [0.15, 0.2) is 36.4 Å². The minimum Gasteiger partial charge on any atom is -0.486 e. The van der Waals surface area contributed by atoms with Crippen molar-refractivity contribution in [3.63, 3.8) is 0 Å². The summed E-state index contributed by atoms with van der Waals surface area (Å²) in [7, 11) is 0. The third-order valence-corrected chi connectivity index (χ3v) is 4.46. The summed E-state index contributed by atoms with van der Waals surface area (Å²) in [5.74, 6) is -0.345. The van der Waals surface area contributed by atoms with Crippen molar-refractivity contribution in [1.29, 1.82) is 0 Å². The van der Waals surface area contributed by atoms with Gasteiger partial charge in [-0.15, -0.1) is 0 Å². The van der Waals surface area contributed by atoms with Crippen molar-refractivity contribution in [1.82, 2.24) is 5.32 Å². The minimum absolute atomic E-state index is 0.223. The number of halogens is 2. The van der Waals surface area contributed by atoms with Gasteiger partial charge in [-0.2, -0.15) is 0 Å². The average Bonchev–Trinajstić information content (AvgIpc) is 2.73. The van der Waals surface area contributed by atoms with Gasteiger partial charge >= 0.3 is 12.0 Å². The Morgan fingerprint density at radius 3 is 2.55 bits per heavy atom. The average molecular weight is 469 g/mol. The smallest absolute Gasteiger partial charge is 0.347 e. The zero-order valence-electron chi connectivity index (χ0n) is 16.3. The van der Waals surface area contributed by atoms with Crippen LogP contribution in [0.1, 0.15) is 6.92 Å². The van der Waals surface area contributed by atoms with Crippen molar-refractivity contribution in [2.24, 2.45) is 0 Å². The number of imide groups is 1. The van der Waals surface area contributed by atoms with Gasteiger partial charge in [0.25, 0.3) is 5.91 Å². The number of fused-ring (bicyclic) bond motifs is 1. The molecule has 0 aliphatic carbocycles. The summed E-state index contributed by atoms with van der Waals surface area (Å²) in [6.45, 7) is 1.61. The third-order valence-electron chi connectivity index (χ3n) is 3.93. The van der Waals surface area contributed by atoms with E-state index in [1.165, 1.54) is 19.1 Å².